The van der Waals surface area contributed by atoms with Crippen LogP contribution in [0.4, 0.5) is 0 Å². The fraction of sp³-hybridized carbons (Fsp3) is 0.625. The maximum Gasteiger partial charge on any atom is 0.0208 e. The van der Waals surface area contributed by atoms with Crippen molar-refractivity contribution in [3.05, 3.63) is 35.4 Å². The average molecular weight is 244 g/mol. The van der Waals surface area contributed by atoms with E-state index >= 15 is 0 Å². The third-order valence-electron chi connectivity index (χ3n) is 4.25. The normalized spacial score (nSPS) is 22.8. The van der Waals surface area contributed by atoms with Gasteiger partial charge in [-0.2, -0.15) is 0 Å². The van der Waals surface area contributed by atoms with Crippen molar-refractivity contribution in [3.63, 3.8) is 0 Å². The van der Waals surface area contributed by atoms with Crippen LogP contribution in [0.15, 0.2) is 24.3 Å². The molecular formula is C16H24N2. The van der Waals surface area contributed by atoms with Gasteiger partial charge in [0.05, 0.1) is 0 Å². The van der Waals surface area contributed by atoms with E-state index in [0.29, 0.717) is 5.92 Å². The van der Waals surface area contributed by atoms with Gasteiger partial charge in [-0.1, -0.05) is 37.1 Å². The van der Waals surface area contributed by atoms with Crippen molar-refractivity contribution in [2.45, 2.75) is 38.1 Å². The lowest BCUT2D eigenvalue weighted by Gasteiger charge is -2.26. The molecule has 0 spiro atoms. The van der Waals surface area contributed by atoms with Crippen LogP contribution in [0, 0.1) is 5.92 Å². The van der Waals surface area contributed by atoms with Gasteiger partial charge in [0.1, 0.15) is 0 Å². The SMILES string of the molecule is c1ccc2c(c1)CNCC2CNCCCC1CC1. The Morgan fingerprint density at radius 3 is 3.00 bits per heavy atom. The monoisotopic (exact) mass is 244 g/mol. The molecule has 2 aliphatic rings. The van der Waals surface area contributed by atoms with Crippen molar-refractivity contribution in [2.75, 3.05) is 19.6 Å². The van der Waals surface area contributed by atoms with Gasteiger partial charge in [-0.25, -0.2) is 0 Å². The molecule has 0 bridgehead atoms. The summed E-state index contributed by atoms with van der Waals surface area (Å²) in [5.41, 5.74) is 3.03. The van der Waals surface area contributed by atoms with Gasteiger partial charge in [0.15, 0.2) is 0 Å². The van der Waals surface area contributed by atoms with Gasteiger partial charge >= 0.3 is 0 Å². The van der Waals surface area contributed by atoms with Crippen LogP contribution >= 0.6 is 0 Å². The van der Waals surface area contributed by atoms with Crippen molar-refractivity contribution in [2.24, 2.45) is 5.92 Å². The largest absolute Gasteiger partial charge is 0.316 e. The zero-order valence-corrected chi connectivity index (χ0v) is 11.1. The van der Waals surface area contributed by atoms with Crippen molar-refractivity contribution >= 4 is 0 Å². The van der Waals surface area contributed by atoms with Crippen LogP contribution in [0.2, 0.25) is 0 Å². The summed E-state index contributed by atoms with van der Waals surface area (Å²) >= 11 is 0. The highest BCUT2D eigenvalue weighted by Gasteiger charge is 2.21. The van der Waals surface area contributed by atoms with E-state index in [4.69, 9.17) is 0 Å². The molecule has 1 aliphatic carbocycles. The van der Waals surface area contributed by atoms with Gasteiger partial charge in [-0.05, 0) is 36.4 Å². The van der Waals surface area contributed by atoms with Crippen LogP contribution in [0.1, 0.15) is 42.7 Å². The van der Waals surface area contributed by atoms with E-state index in [2.05, 4.69) is 34.9 Å². The first-order valence-corrected chi connectivity index (χ1v) is 7.43. The summed E-state index contributed by atoms with van der Waals surface area (Å²) in [7, 11) is 0. The molecule has 1 unspecified atom stereocenters. The highest BCUT2D eigenvalue weighted by atomic mass is 14.9. The number of fused-ring (bicyclic) bond motifs is 1. The maximum absolute atomic E-state index is 3.64. The Hall–Kier alpha value is -0.860. The molecule has 18 heavy (non-hydrogen) atoms. The van der Waals surface area contributed by atoms with E-state index in [9.17, 15) is 0 Å². The van der Waals surface area contributed by atoms with Gasteiger partial charge in [-0.15, -0.1) is 0 Å². The van der Waals surface area contributed by atoms with E-state index in [1.807, 2.05) is 0 Å². The molecule has 1 saturated carbocycles. The average Bonchev–Trinajstić information content (AvgIpc) is 3.23. The van der Waals surface area contributed by atoms with E-state index in [1.165, 1.54) is 37.8 Å². The molecule has 1 aromatic rings. The van der Waals surface area contributed by atoms with Gasteiger partial charge in [0.25, 0.3) is 0 Å². The lowest BCUT2D eigenvalue weighted by molar-refractivity contribution is 0.493. The Kier molecular flexibility index (Phi) is 3.96. The second kappa shape index (κ2) is 5.85. The van der Waals surface area contributed by atoms with Gasteiger partial charge < -0.3 is 10.6 Å². The molecule has 1 aliphatic heterocycles. The van der Waals surface area contributed by atoms with Crippen LogP contribution < -0.4 is 10.6 Å². The third kappa shape index (κ3) is 3.12. The zero-order valence-electron chi connectivity index (χ0n) is 11.1. The Morgan fingerprint density at radius 2 is 2.11 bits per heavy atom. The van der Waals surface area contributed by atoms with Crippen LogP contribution in [0.3, 0.4) is 0 Å². The fourth-order valence-corrected chi connectivity index (χ4v) is 2.97. The zero-order chi connectivity index (χ0) is 12.2. The Labute approximate surface area is 110 Å². The van der Waals surface area contributed by atoms with Crippen LogP contribution in [0.25, 0.3) is 0 Å². The van der Waals surface area contributed by atoms with Crippen LogP contribution in [0.5, 0.6) is 0 Å². The Balaban J connectivity index is 1.44. The molecule has 1 atom stereocenters. The van der Waals surface area contributed by atoms with E-state index < -0.39 is 0 Å². The Morgan fingerprint density at radius 1 is 1.22 bits per heavy atom. The number of benzene rings is 1. The minimum atomic E-state index is 0.649. The minimum absolute atomic E-state index is 0.649. The third-order valence-corrected chi connectivity index (χ3v) is 4.25. The van der Waals surface area contributed by atoms with E-state index in [-0.39, 0.29) is 0 Å². The fourth-order valence-electron chi connectivity index (χ4n) is 2.97. The van der Waals surface area contributed by atoms with E-state index in [1.54, 1.807) is 5.56 Å². The van der Waals surface area contributed by atoms with Crippen molar-refractivity contribution in [1.29, 1.82) is 0 Å². The first-order chi connectivity index (χ1) is 8.93. The number of hydrogen-bond donors (Lipinski definition) is 2. The molecule has 3 rings (SSSR count). The summed E-state index contributed by atoms with van der Waals surface area (Å²) < 4.78 is 0. The van der Waals surface area contributed by atoms with Crippen molar-refractivity contribution in [3.8, 4) is 0 Å². The molecule has 1 aromatic carbocycles. The number of hydrogen-bond acceptors (Lipinski definition) is 2. The summed E-state index contributed by atoms with van der Waals surface area (Å²) in [5.74, 6) is 1.72. The quantitative estimate of drug-likeness (QED) is 0.752. The van der Waals surface area contributed by atoms with Crippen LogP contribution in [-0.2, 0) is 6.54 Å². The molecular weight excluding hydrogens is 220 g/mol. The predicted molar refractivity (Wildman–Crippen MR) is 75.7 cm³/mol. The topological polar surface area (TPSA) is 24.1 Å². The smallest absolute Gasteiger partial charge is 0.0208 e. The lowest BCUT2D eigenvalue weighted by atomic mass is 9.91. The van der Waals surface area contributed by atoms with Gasteiger partial charge in [0.2, 0.25) is 0 Å². The first kappa shape index (κ1) is 12.2. The molecule has 0 aromatic heterocycles. The van der Waals surface area contributed by atoms with Crippen molar-refractivity contribution < 1.29 is 0 Å². The maximum atomic E-state index is 3.64. The molecule has 98 valence electrons. The molecule has 0 amide bonds. The van der Waals surface area contributed by atoms with Crippen LogP contribution in [-0.4, -0.2) is 19.6 Å². The summed E-state index contributed by atoms with van der Waals surface area (Å²) in [6.07, 6.45) is 5.76. The summed E-state index contributed by atoms with van der Waals surface area (Å²) in [6.45, 7) is 4.46. The molecule has 1 fully saturated rings. The highest BCUT2D eigenvalue weighted by molar-refractivity contribution is 5.32. The van der Waals surface area contributed by atoms with Gasteiger partial charge in [-0.3, -0.25) is 0 Å². The van der Waals surface area contributed by atoms with Gasteiger partial charge in [0, 0.05) is 25.6 Å². The molecule has 0 radical (unpaired) electrons. The van der Waals surface area contributed by atoms with Crippen molar-refractivity contribution in [1.82, 2.24) is 10.6 Å². The summed E-state index contributed by atoms with van der Waals surface area (Å²) in [4.78, 5) is 0. The highest BCUT2D eigenvalue weighted by Crippen LogP contribution is 2.33. The first-order valence-electron chi connectivity index (χ1n) is 7.43. The Bertz CT molecular complexity index is 384. The number of nitrogens with one attached hydrogen (secondary N) is 2. The number of rotatable bonds is 6. The molecule has 1 heterocycles. The molecule has 2 heteroatoms. The molecule has 2 nitrogen and oxygen atoms in total. The standard InChI is InChI=1S/C16H24N2/c1-2-6-16-14(5-1)10-18-12-15(16)11-17-9-3-4-13-7-8-13/h1-2,5-6,13,15,17-18H,3-4,7-12H2. The minimum Gasteiger partial charge on any atom is -0.316 e. The molecule has 0 saturated heterocycles. The summed E-state index contributed by atoms with van der Waals surface area (Å²) in [5, 5.41) is 7.16. The second-order valence-electron chi connectivity index (χ2n) is 5.82. The summed E-state index contributed by atoms with van der Waals surface area (Å²) in [6, 6.07) is 8.87. The molecule has 2 N–H and O–H groups in total. The predicted octanol–water partition coefficient (Wildman–Crippen LogP) is 2.65. The van der Waals surface area contributed by atoms with E-state index in [0.717, 1.165) is 25.6 Å². The second-order valence-corrected chi connectivity index (χ2v) is 5.82. The lowest BCUT2D eigenvalue weighted by Crippen LogP contribution is -2.34.